The first-order valence-corrected chi connectivity index (χ1v) is 3.71. The van der Waals surface area contributed by atoms with Crippen molar-refractivity contribution < 1.29 is 9.23 Å². The number of hydroxylamine groups is 1. The van der Waals surface area contributed by atoms with Crippen molar-refractivity contribution in [1.82, 2.24) is 0 Å². The lowest BCUT2D eigenvalue weighted by molar-refractivity contribution is 0.246. The third kappa shape index (κ3) is 1.25. The Hall–Kier alpha value is -1.51. The molecule has 1 aliphatic heterocycles. The van der Waals surface area contributed by atoms with Gasteiger partial charge in [-0.25, -0.2) is 9.45 Å². The lowest BCUT2D eigenvalue weighted by Crippen LogP contribution is -2.16. The van der Waals surface area contributed by atoms with E-state index >= 15 is 0 Å². The van der Waals surface area contributed by atoms with Crippen LogP contribution in [-0.2, 0) is 4.84 Å². The van der Waals surface area contributed by atoms with Crippen LogP contribution in [0.25, 0.3) is 0 Å². The quantitative estimate of drug-likeness (QED) is 0.631. The molecule has 0 fully saturated rings. The molecule has 0 aromatic heterocycles. The van der Waals surface area contributed by atoms with Gasteiger partial charge in [0.25, 0.3) is 0 Å². The zero-order valence-corrected chi connectivity index (χ0v) is 6.40. The average molecular weight is 165 g/mol. The van der Waals surface area contributed by atoms with Gasteiger partial charge >= 0.3 is 0 Å². The summed E-state index contributed by atoms with van der Waals surface area (Å²) in [5.41, 5.74) is 0.736. The summed E-state index contributed by atoms with van der Waals surface area (Å²) >= 11 is 0. The second-order valence-electron chi connectivity index (χ2n) is 2.52. The Morgan fingerprint density at radius 1 is 1.42 bits per heavy atom. The maximum atomic E-state index is 12.7. The summed E-state index contributed by atoms with van der Waals surface area (Å²) in [6.45, 7) is 0.670. The Bertz CT molecular complexity index is 303. The molecule has 62 valence electrons. The standard InChI is InChI=1S/C9H8FNO/c10-8-3-1-4-9(7-8)11-5-2-6-12-11/h1-4,6-7H,5H2. The van der Waals surface area contributed by atoms with Crippen LogP contribution in [-0.4, -0.2) is 6.54 Å². The van der Waals surface area contributed by atoms with Crippen LogP contribution < -0.4 is 5.06 Å². The number of halogens is 1. The molecule has 1 aromatic carbocycles. The molecule has 2 rings (SSSR count). The Morgan fingerprint density at radius 3 is 3.00 bits per heavy atom. The number of anilines is 1. The maximum Gasteiger partial charge on any atom is 0.125 e. The van der Waals surface area contributed by atoms with E-state index in [0.29, 0.717) is 6.54 Å². The van der Waals surface area contributed by atoms with Crippen LogP contribution in [0.2, 0.25) is 0 Å². The fourth-order valence-corrected chi connectivity index (χ4v) is 1.10. The highest BCUT2D eigenvalue weighted by molar-refractivity contribution is 5.45. The SMILES string of the molecule is Fc1cccc(N2CC=CO2)c1. The second kappa shape index (κ2) is 2.85. The minimum Gasteiger partial charge on any atom is -0.387 e. The summed E-state index contributed by atoms with van der Waals surface area (Å²) in [4.78, 5) is 5.08. The summed E-state index contributed by atoms with van der Waals surface area (Å²) < 4.78 is 12.7. The van der Waals surface area contributed by atoms with E-state index in [0.717, 1.165) is 5.69 Å². The highest BCUT2D eigenvalue weighted by Gasteiger charge is 2.08. The van der Waals surface area contributed by atoms with Gasteiger partial charge in [0.05, 0.1) is 12.2 Å². The minimum absolute atomic E-state index is 0.247. The molecule has 0 aliphatic carbocycles. The smallest absolute Gasteiger partial charge is 0.125 e. The maximum absolute atomic E-state index is 12.7. The van der Waals surface area contributed by atoms with Crippen molar-refractivity contribution in [3.8, 4) is 0 Å². The van der Waals surface area contributed by atoms with E-state index in [-0.39, 0.29) is 5.82 Å². The van der Waals surface area contributed by atoms with Crippen LogP contribution in [0.15, 0.2) is 36.6 Å². The predicted octanol–water partition coefficient (Wildman–Crippen LogP) is 2.09. The molecule has 0 radical (unpaired) electrons. The van der Waals surface area contributed by atoms with E-state index in [4.69, 9.17) is 4.84 Å². The number of benzene rings is 1. The van der Waals surface area contributed by atoms with Gasteiger partial charge in [-0.05, 0) is 18.2 Å². The summed E-state index contributed by atoms with van der Waals surface area (Å²) in [7, 11) is 0. The molecule has 0 amide bonds. The van der Waals surface area contributed by atoms with Crippen LogP contribution in [0.3, 0.4) is 0 Å². The minimum atomic E-state index is -0.247. The van der Waals surface area contributed by atoms with Crippen LogP contribution in [0.5, 0.6) is 0 Å². The molecule has 1 heterocycles. The third-order valence-corrected chi connectivity index (χ3v) is 1.65. The predicted molar refractivity (Wildman–Crippen MR) is 44.0 cm³/mol. The third-order valence-electron chi connectivity index (χ3n) is 1.65. The highest BCUT2D eigenvalue weighted by atomic mass is 19.1. The molecule has 0 N–H and O–H groups in total. The van der Waals surface area contributed by atoms with Gasteiger partial charge < -0.3 is 4.84 Å². The Kier molecular flexibility index (Phi) is 1.70. The number of hydrogen-bond acceptors (Lipinski definition) is 2. The van der Waals surface area contributed by atoms with Crippen LogP contribution in [0, 0.1) is 5.82 Å². The molecule has 12 heavy (non-hydrogen) atoms. The summed E-state index contributed by atoms with van der Waals surface area (Å²) in [6.07, 6.45) is 3.45. The van der Waals surface area contributed by atoms with Crippen LogP contribution >= 0.6 is 0 Å². The molecular formula is C9H8FNO. The van der Waals surface area contributed by atoms with Gasteiger partial charge in [-0.15, -0.1) is 0 Å². The van der Waals surface area contributed by atoms with Crippen molar-refractivity contribution in [3.63, 3.8) is 0 Å². The van der Waals surface area contributed by atoms with Gasteiger partial charge in [0.15, 0.2) is 0 Å². The molecule has 0 saturated carbocycles. The van der Waals surface area contributed by atoms with Gasteiger partial charge in [0.1, 0.15) is 12.1 Å². The Balaban J connectivity index is 2.22. The molecule has 0 bridgehead atoms. The molecule has 0 unspecified atom stereocenters. The van der Waals surface area contributed by atoms with Crippen molar-refractivity contribution in [3.05, 3.63) is 42.4 Å². The van der Waals surface area contributed by atoms with Crippen molar-refractivity contribution >= 4 is 5.69 Å². The van der Waals surface area contributed by atoms with E-state index in [2.05, 4.69) is 0 Å². The zero-order valence-electron chi connectivity index (χ0n) is 6.40. The first-order valence-electron chi connectivity index (χ1n) is 3.71. The summed E-state index contributed by atoms with van der Waals surface area (Å²) in [5, 5.41) is 1.61. The van der Waals surface area contributed by atoms with E-state index in [1.807, 2.05) is 6.08 Å². The molecule has 0 spiro atoms. The van der Waals surface area contributed by atoms with E-state index in [9.17, 15) is 4.39 Å². The number of rotatable bonds is 1. The molecule has 3 heteroatoms. The largest absolute Gasteiger partial charge is 0.387 e. The van der Waals surface area contributed by atoms with Gasteiger partial charge in [0, 0.05) is 6.07 Å². The normalized spacial score (nSPS) is 14.9. The fraction of sp³-hybridized carbons (Fsp3) is 0.111. The van der Waals surface area contributed by atoms with Gasteiger partial charge in [-0.2, -0.15) is 0 Å². The second-order valence-corrected chi connectivity index (χ2v) is 2.52. The lowest BCUT2D eigenvalue weighted by Gasteiger charge is -2.15. The number of hydrogen-bond donors (Lipinski definition) is 0. The monoisotopic (exact) mass is 165 g/mol. The zero-order chi connectivity index (χ0) is 8.39. The number of nitrogens with zero attached hydrogens (tertiary/aromatic N) is 1. The molecular weight excluding hydrogens is 157 g/mol. The van der Waals surface area contributed by atoms with E-state index < -0.39 is 0 Å². The van der Waals surface area contributed by atoms with Crippen molar-refractivity contribution in [2.75, 3.05) is 11.6 Å². The van der Waals surface area contributed by atoms with Crippen molar-refractivity contribution in [2.45, 2.75) is 0 Å². The van der Waals surface area contributed by atoms with Crippen molar-refractivity contribution in [2.24, 2.45) is 0 Å². The molecule has 0 atom stereocenters. The highest BCUT2D eigenvalue weighted by Crippen LogP contribution is 2.18. The average Bonchev–Trinajstić information content (AvgIpc) is 2.56. The summed E-state index contributed by atoms with van der Waals surface area (Å²) in [5.74, 6) is -0.247. The van der Waals surface area contributed by atoms with Gasteiger partial charge in [-0.3, -0.25) is 0 Å². The molecule has 1 aliphatic rings. The van der Waals surface area contributed by atoms with Crippen LogP contribution in [0.1, 0.15) is 0 Å². The van der Waals surface area contributed by atoms with E-state index in [1.165, 1.54) is 12.1 Å². The molecule has 2 nitrogen and oxygen atoms in total. The topological polar surface area (TPSA) is 12.5 Å². The fourth-order valence-electron chi connectivity index (χ4n) is 1.10. The Labute approximate surface area is 69.8 Å². The van der Waals surface area contributed by atoms with Crippen molar-refractivity contribution in [1.29, 1.82) is 0 Å². The van der Waals surface area contributed by atoms with E-state index in [1.54, 1.807) is 23.5 Å². The lowest BCUT2D eigenvalue weighted by atomic mass is 10.3. The van der Waals surface area contributed by atoms with Gasteiger partial charge in [-0.1, -0.05) is 6.07 Å². The van der Waals surface area contributed by atoms with Gasteiger partial charge in [0.2, 0.25) is 0 Å². The molecule has 0 saturated heterocycles. The first kappa shape index (κ1) is 7.16. The summed E-state index contributed by atoms with van der Waals surface area (Å²) in [6, 6.07) is 6.31. The molecule has 1 aromatic rings. The van der Waals surface area contributed by atoms with Crippen LogP contribution in [0.4, 0.5) is 10.1 Å². The Morgan fingerprint density at radius 2 is 2.33 bits per heavy atom. The first-order chi connectivity index (χ1) is 5.86.